The first kappa shape index (κ1) is 15.2. The van der Waals surface area contributed by atoms with Crippen LogP contribution in [0.1, 0.15) is 51.3 Å². The van der Waals surface area contributed by atoms with E-state index in [1.54, 1.807) is 0 Å². The number of thiophene rings is 1. The Labute approximate surface area is 127 Å². The van der Waals surface area contributed by atoms with Crippen molar-refractivity contribution in [2.45, 2.75) is 46.5 Å². The molecule has 0 spiro atoms. The van der Waals surface area contributed by atoms with Crippen LogP contribution in [0, 0.1) is 11.8 Å². The fraction of sp³-hybridized carbons (Fsp3) is 0.500. The minimum Gasteiger partial charge on any atom is -0.265 e. The van der Waals surface area contributed by atoms with Gasteiger partial charge in [-0.25, -0.2) is 0 Å². The Morgan fingerprint density at radius 3 is 2.75 bits per heavy atom. The van der Waals surface area contributed by atoms with Crippen molar-refractivity contribution in [3.63, 3.8) is 0 Å². The maximum atomic E-state index is 4.71. The van der Waals surface area contributed by atoms with Gasteiger partial charge in [0.2, 0.25) is 0 Å². The van der Waals surface area contributed by atoms with Crippen LogP contribution in [-0.4, -0.2) is 6.21 Å². The molecule has 2 atom stereocenters. The Bertz CT molecular complexity index is 493. The zero-order valence-electron chi connectivity index (χ0n) is 12.8. The van der Waals surface area contributed by atoms with Crippen LogP contribution in [0.4, 0.5) is 0 Å². The van der Waals surface area contributed by atoms with Crippen LogP contribution in [-0.2, 0) is 0 Å². The molecule has 2 heteroatoms. The molecule has 20 heavy (non-hydrogen) atoms. The molecular weight excluding hydrogens is 262 g/mol. The molecule has 0 N–H and O–H groups in total. The van der Waals surface area contributed by atoms with Gasteiger partial charge in [0.1, 0.15) is 0 Å². The Balaban J connectivity index is 2.37. The second kappa shape index (κ2) is 7.58. The molecule has 0 saturated heterocycles. The van der Waals surface area contributed by atoms with Gasteiger partial charge in [0.25, 0.3) is 0 Å². The third-order valence-electron chi connectivity index (χ3n) is 3.77. The molecule has 2 heterocycles. The second-order valence-corrected chi connectivity index (χ2v) is 6.70. The van der Waals surface area contributed by atoms with E-state index in [1.807, 2.05) is 11.3 Å². The molecular formula is C18H25NS. The number of nitrogens with zero attached hydrogens (tertiary/aromatic N) is 1. The van der Waals surface area contributed by atoms with E-state index in [2.05, 4.69) is 56.7 Å². The van der Waals surface area contributed by atoms with E-state index < -0.39 is 0 Å². The van der Waals surface area contributed by atoms with E-state index in [0.717, 1.165) is 6.42 Å². The Morgan fingerprint density at radius 1 is 1.25 bits per heavy atom. The summed E-state index contributed by atoms with van der Waals surface area (Å²) in [5.74, 6) is 1.21. The van der Waals surface area contributed by atoms with Crippen molar-refractivity contribution in [3.05, 3.63) is 40.2 Å². The lowest BCUT2D eigenvalue weighted by Gasteiger charge is -2.09. The van der Waals surface area contributed by atoms with Gasteiger partial charge in [-0.05, 0) is 54.2 Å². The van der Waals surface area contributed by atoms with Gasteiger partial charge in [0.15, 0.2) is 0 Å². The van der Waals surface area contributed by atoms with E-state index in [-0.39, 0.29) is 0 Å². The summed E-state index contributed by atoms with van der Waals surface area (Å²) in [6.45, 7) is 6.78. The summed E-state index contributed by atoms with van der Waals surface area (Å²) >= 11 is 1.81. The molecule has 2 rings (SSSR count). The van der Waals surface area contributed by atoms with Crippen molar-refractivity contribution in [3.8, 4) is 0 Å². The second-order valence-electron chi connectivity index (χ2n) is 5.75. The Morgan fingerprint density at radius 2 is 2.05 bits per heavy atom. The van der Waals surface area contributed by atoms with Gasteiger partial charge in [0, 0.05) is 16.8 Å². The monoisotopic (exact) mass is 287 g/mol. The quantitative estimate of drug-likeness (QED) is 0.637. The average molecular weight is 287 g/mol. The molecule has 0 radical (unpaired) electrons. The number of rotatable bonds is 2. The minimum absolute atomic E-state index is 0.584. The van der Waals surface area contributed by atoms with Gasteiger partial charge < -0.3 is 0 Å². The molecule has 1 aromatic heterocycles. The molecule has 0 fully saturated rings. The van der Waals surface area contributed by atoms with E-state index >= 15 is 0 Å². The van der Waals surface area contributed by atoms with Crippen molar-refractivity contribution in [1.29, 1.82) is 0 Å². The highest BCUT2D eigenvalue weighted by Crippen LogP contribution is 2.27. The number of allylic oxidation sites excluding steroid dienone is 4. The van der Waals surface area contributed by atoms with Gasteiger partial charge >= 0.3 is 0 Å². The van der Waals surface area contributed by atoms with Gasteiger partial charge in [-0.15, -0.1) is 11.3 Å². The molecule has 0 aliphatic carbocycles. The summed E-state index contributed by atoms with van der Waals surface area (Å²) in [6, 6.07) is 4.33. The lowest BCUT2D eigenvalue weighted by atomic mass is 9.97. The molecule has 1 aliphatic heterocycles. The SMILES string of the molecule is CCC1=C/C(c2cccs2)=C/C(C)CCCC(C)\C=N\1. The normalized spacial score (nSPS) is 31.6. The molecule has 0 aromatic carbocycles. The summed E-state index contributed by atoms with van der Waals surface area (Å²) in [6.07, 6.45) is 11.6. The van der Waals surface area contributed by atoms with Crippen molar-refractivity contribution < 1.29 is 0 Å². The molecule has 0 saturated carbocycles. The van der Waals surface area contributed by atoms with Crippen LogP contribution < -0.4 is 0 Å². The Kier molecular flexibility index (Phi) is 5.78. The summed E-state index contributed by atoms with van der Waals surface area (Å²) in [4.78, 5) is 6.06. The molecule has 2 unspecified atom stereocenters. The molecule has 1 aromatic rings. The van der Waals surface area contributed by atoms with Crippen molar-refractivity contribution in [2.24, 2.45) is 16.8 Å². The van der Waals surface area contributed by atoms with Gasteiger partial charge in [-0.1, -0.05) is 39.3 Å². The van der Waals surface area contributed by atoms with E-state index in [4.69, 9.17) is 4.99 Å². The fourth-order valence-electron chi connectivity index (χ4n) is 2.50. The van der Waals surface area contributed by atoms with Crippen LogP contribution in [0.5, 0.6) is 0 Å². The highest BCUT2D eigenvalue weighted by molar-refractivity contribution is 7.11. The minimum atomic E-state index is 0.584. The third kappa shape index (κ3) is 4.45. The molecule has 0 bridgehead atoms. The van der Waals surface area contributed by atoms with Gasteiger partial charge in [-0.3, -0.25) is 4.99 Å². The number of aliphatic imine (C=N–C) groups is 1. The highest BCUT2D eigenvalue weighted by atomic mass is 32.1. The van der Waals surface area contributed by atoms with Crippen molar-refractivity contribution in [2.75, 3.05) is 0 Å². The predicted octanol–water partition coefficient (Wildman–Crippen LogP) is 5.95. The molecule has 0 amide bonds. The van der Waals surface area contributed by atoms with Crippen LogP contribution in [0.3, 0.4) is 0 Å². The first-order valence-corrected chi connectivity index (χ1v) is 8.57. The summed E-state index contributed by atoms with van der Waals surface area (Å²) in [5.41, 5.74) is 2.53. The lowest BCUT2D eigenvalue weighted by Crippen LogP contribution is -1.98. The molecule has 1 nitrogen and oxygen atoms in total. The van der Waals surface area contributed by atoms with Crippen molar-refractivity contribution >= 4 is 23.1 Å². The third-order valence-corrected chi connectivity index (χ3v) is 4.69. The van der Waals surface area contributed by atoms with Crippen LogP contribution in [0.2, 0.25) is 0 Å². The highest BCUT2D eigenvalue weighted by Gasteiger charge is 2.08. The fourth-order valence-corrected chi connectivity index (χ4v) is 3.23. The lowest BCUT2D eigenvalue weighted by molar-refractivity contribution is 0.548. The van der Waals surface area contributed by atoms with Crippen LogP contribution in [0.15, 0.2) is 40.4 Å². The zero-order valence-corrected chi connectivity index (χ0v) is 13.6. The molecule has 108 valence electrons. The van der Waals surface area contributed by atoms with Gasteiger partial charge in [-0.2, -0.15) is 0 Å². The topological polar surface area (TPSA) is 12.4 Å². The first-order chi connectivity index (χ1) is 9.69. The predicted molar refractivity (Wildman–Crippen MR) is 91.3 cm³/mol. The van der Waals surface area contributed by atoms with Gasteiger partial charge in [0.05, 0.1) is 0 Å². The first-order valence-electron chi connectivity index (χ1n) is 7.69. The largest absolute Gasteiger partial charge is 0.265 e. The maximum absolute atomic E-state index is 4.71. The summed E-state index contributed by atoms with van der Waals surface area (Å²) in [5, 5.41) is 2.15. The maximum Gasteiger partial charge on any atom is 0.0403 e. The molecule has 1 aliphatic rings. The zero-order chi connectivity index (χ0) is 14.4. The van der Waals surface area contributed by atoms with Crippen LogP contribution >= 0.6 is 11.3 Å². The Hall–Kier alpha value is -1.15. The number of hydrogen-bond donors (Lipinski definition) is 0. The number of hydrogen-bond acceptors (Lipinski definition) is 2. The van der Waals surface area contributed by atoms with Crippen LogP contribution in [0.25, 0.3) is 5.57 Å². The van der Waals surface area contributed by atoms with E-state index in [0.29, 0.717) is 11.8 Å². The van der Waals surface area contributed by atoms with E-state index in [9.17, 15) is 0 Å². The smallest absolute Gasteiger partial charge is 0.0403 e. The van der Waals surface area contributed by atoms with E-state index in [1.165, 1.54) is 35.4 Å². The standard InChI is InChI=1S/C18H25NS/c1-4-17-12-16(18-9-6-10-20-18)11-14(2)7-5-8-15(3)13-19-17/h6,9-15H,4-5,7-8H2,1-3H3/b16-11-,17-12-,19-13+. The average Bonchev–Trinajstić information content (AvgIpc) is 2.94. The summed E-state index contributed by atoms with van der Waals surface area (Å²) < 4.78 is 0. The van der Waals surface area contributed by atoms with Crippen molar-refractivity contribution in [1.82, 2.24) is 0 Å². The summed E-state index contributed by atoms with van der Waals surface area (Å²) in [7, 11) is 0.